The molecular formula is C22H20N4O3S2. The summed E-state index contributed by atoms with van der Waals surface area (Å²) in [6.07, 6.45) is 0. The Morgan fingerprint density at radius 3 is 2.23 bits per heavy atom. The van der Waals surface area contributed by atoms with Crippen molar-refractivity contribution < 1.29 is 13.2 Å². The molecule has 0 unspecified atom stereocenters. The van der Waals surface area contributed by atoms with Crippen molar-refractivity contribution in [3.63, 3.8) is 0 Å². The molecule has 3 aromatic carbocycles. The molecule has 0 radical (unpaired) electrons. The van der Waals surface area contributed by atoms with Crippen LogP contribution in [0.4, 0.5) is 5.69 Å². The zero-order valence-electron chi connectivity index (χ0n) is 16.9. The zero-order chi connectivity index (χ0) is 22.0. The van der Waals surface area contributed by atoms with E-state index in [-0.39, 0.29) is 4.90 Å². The Bertz CT molecular complexity index is 1360. The fourth-order valence-corrected chi connectivity index (χ4v) is 4.38. The summed E-state index contributed by atoms with van der Waals surface area (Å²) in [5.41, 5.74) is 3.06. The average Bonchev–Trinajstić information content (AvgIpc) is 3.16. The van der Waals surface area contributed by atoms with Gasteiger partial charge in [-0.05, 0) is 79.8 Å². The van der Waals surface area contributed by atoms with E-state index in [1.54, 1.807) is 60.2 Å². The van der Waals surface area contributed by atoms with E-state index in [0.29, 0.717) is 16.3 Å². The van der Waals surface area contributed by atoms with E-state index in [0.717, 1.165) is 22.6 Å². The van der Waals surface area contributed by atoms with Gasteiger partial charge in [-0.3, -0.25) is 14.4 Å². The Morgan fingerprint density at radius 2 is 1.61 bits per heavy atom. The van der Waals surface area contributed by atoms with Crippen molar-refractivity contribution in [1.29, 1.82) is 0 Å². The molecule has 0 bridgehead atoms. The van der Waals surface area contributed by atoms with Gasteiger partial charge in [0.1, 0.15) is 5.75 Å². The van der Waals surface area contributed by atoms with Crippen LogP contribution in [0.5, 0.6) is 5.75 Å². The lowest BCUT2D eigenvalue weighted by molar-refractivity contribution is 0.414. The number of hydrogen-bond donors (Lipinski definition) is 2. The first-order chi connectivity index (χ1) is 14.9. The highest BCUT2D eigenvalue weighted by molar-refractivity contribution is 7.92. The third-order valence-corrected chi connectivity index (χ3v) is 6.40. The number of rotatable bonds is 6. The van der Waals surface area contributed by atoms with Crippen molar-refractivity contribution >= 4 is 27.9 Å². The minimum Gasteiger partial charge on any atom is -0.497 e. The molecule has 0 saturated heterocycles. The minimum absolute atomic E-state index is 0.211. The van der Waals surface area contributed by atoms with Gasteiger partial charge in [-0.15, -0.1) is 0 Å². The van der Waals surface area contributed by atoms with Gasteiger partial charge in [0, 0.05) is 11.3 Å². The molecule has 2 N–H and O–H groups in total. The van der Waals surface area contributed by atoms with Gasteiger partial charge in [0.05, 0.1) is 17.7 Å². The molecular weight excluding hydrogens is 432 g/mol. The molecule has 1 aromatic heterocycles. The highest BCUT2D eigenvalue weighted by Gasteiger charge is 2.15. The lowest BCUT2D eigenvalue weighted by atomic mass is 10.2. The molecule has 4 aromatic rings. The Balaban J connectivity index is 1.62. The summed E-state index contributed by atoms with van der Waals surface area (Å²) in [6, 6.07) is 21.1. The van der Waals surface area contributed by atoms with E-state index in [2.05, 4.69) is 14.9 Å². The van der Waals surface area contributed by atoms with E-state index in [4.69, 9.17) is 17.0 Å². The van der Waals surface area contributed by atoms with Crippen LogP contribution in [0.15, 0.2) is 77.7 Å². The predicted molar refractivity (Wildman–Crippen MR) is 123 cm³/mol. The van der Waals surface area contributed by atoms with Crippen LogP contribution in [0, 0.1) is 11.7 Å². The van der Waals surface area contributed by atoms with Crippen LogP contribution in [0.2, 0.25) is 0 Å². The molecule has 0 saturated carbocycles. The number of ether oxygens (including phenoxy) is 1. The van der Waals surface area contributed by atoms with Crippen LogP contribution >= 0.6 is 12.2 Å². The third kappa shape index (κ3) is 4.37. The molecule has 0 spiro atoms. The predicted octanol–water partition coefficient (Wildman–Crippen LogP) is 4.71. The molecule has 0 aliphatic heterocycles. The number of methoxy groups -OCH3 is 1. The summed E-state index contributed by atoms with van der Waals surface area (Å²) in [7, 11) is -2.06. The Kier molecular flexibility index (Phi) is 5.62. The van der Waals surface area contributed by atoms with Gasteiger partial charge in [0.15, 0.2) is 10.6 Å². The fraction of sp³-hybridized carbons (Fsp3) is 0.0909. The highest BCUT2D eigenvalue weighted by Crippen LogP contribution is 2.25. The molecule has 158 valence electrons. The quantitative estimate of drug-likeness (QED) is 0.414. The topological polar surface area (TPSA) is 89.0 Å². The molecule has 31 heavy (non-hydrogen) atoms. The molecule has 0 aliphatic carbocycles. The summed E-state index contributed by atoms with van der Waals surface area (Å²) >= 11 is 5.40. The van der Waals surface area contributed by atoms with Gasteiger partial charge >= 0.3 is 0 Å². The van der Waals surface area contributed by atoms with Gasteiger partial charge < -0.3 is 4.74 Å². The number of aromatic amines is 1. The van der Waals surface area contributed by atoms with E-state index in [1.165, 1.54) is 0 Å². The number of aryl methyl sites for hydroxylation is 1. The number of anilines is 1. The third-order valence-electron chi connectivity index (χ3n) is 4.73. The number of nitrogens with one attached hydrogen (secondary N) is 2. The Labute approximate surface area is 185 Å². The summed E-state index contributed by atoms with van der Waals surface area (Å²) in [6.45, 7) is 1.91. The van der Waals surface area contributed by atoms with Crippen molar-refractivity contribution in [2.24, 2.45) is 0 Å². The molecule has 0 aliphatic rings. The monoisotopic (exact) mass is 452 g/mol. The van der Waals surface area contributed by atoms with Crippen LogP contribution in [0.3, 0.4) is 0 Å². The maximum absolute atomic E-state index is 12.6. The molecule has 9 heteroatoms. The van der Waals surface area contributed by atoms with E-state index >= 15 is 0 Å². The van der Waals surface area contributed by atoms with Crippen LogP contribution in [0.25, 0.3) is 17.1 Å². The number of benzene rings is 3. The van der Waals surface area contributed by atoms with Gasteiger partial charge in [-0.1, -0.05) is 17.7 Å². The summed E-state index contributed by atoms with van der Waals surface area (Å²) < 4.78 is 35.3. The van der Waals surface area contributed by atoms with Crippen molar-refractivity contribution in [2.75, 3.05) is 11.8 Å². The van der Waals surface area contributed by atoms with Gasteiger partial charge in [-0.2, -0.15) is 5.10 Å². The second-order valence-corrected chi connectivity index (χ2v) is 8.95. The van der Waals surface area contributed by atoms with E-state index in [1.807, 2.05) is 31.2 Å². The summed E-state index contributed by atoms with van der Waals surface area (Å²) in [5.74, 6) is 1.36. The minimum atomic E-state index is -3.67. The zero-order valence-corrected chi connectivity index (χ0v) is 18.5. The standard InChI is InChI=1S/C22H20N4O3S2/c1-15-3-13-20(14-4-15)31(27,28)25-17-7-5-16(6-8-17)21-23-24-22(30)26(21)18-9-11-19(29-2)12-10-18/h3-14,25H,1-2H3,(H,24,30). The van der Waals surface area contributed by atoms with Gasteiger partial charge in [0.25, 0.3) is 10.0 Å². The lowest BCUT2D eigenvalue weighted by Gasteiger charge is -2.10. The highest BCUT2D eigenvalue weighted by atomic mass is 32.2. The molecule has 0 amide bonds. The van der Waals surface area contributed by atoms with Crippen molar-refractivity contribution in [2.45, 2.75) is 11.8 Å². The van der Waals surface area contributed by atoms with Crippen LogP contribution in [0.1, 0.15) is 5.56 Å². The molecule has 0 atom stereocenters. The number of hydrogen-bond acceptors (Lipinski definition) is 5. The van der Waals surface area contributed by atoms with Crippen molar-refractivity contribution in [1.82, 2.24) is 14.8 Å². The van der Waals surface area contributed by atoms with Crippen LogP contribution < -0.4 is 9.46 Å². The number of H-pyrrole nitrogens is 1. The van der Waals surface area contributed by atoms with Crippen LogP contribution in [-0.2, 0) is 10.0 Å². The Hall–Kier alpha value is -3.43. The SMILES string of the molecule is COc1ccc(-n2c(-c3ccc(NS(=O)(=O)c4ccc(C)cc4)cc3)n[nH]c2=S)cc1. The maximum Gasteiger partial charge on any atom is 0.261 e. The average molecular weight is 453 g/mol. The van der Waals surface area contributed by atoms with Crippen molar-refractivity contribution in [3.05, 3.63) is 83.1 Å². The molecule has 7 nitrogen and oxygen atoms in total. The summed E-state index contributed by atoms with van der Waals surface area (Å²) in [4.78, 5) is 0.211. The summed E-state index contributed by atoms with van der Waals surface area (Å²) in [5, 5.41) is 7.16. The molecule has 4 rings (SSSR count). The smallest absolute Gasteiger partial charge is 0.261 e. The second kappa shape index (κ2) is 8.37. The normalized spacial score (nSPS) is 11.3. The Morgan fingerprint density at radius 1 is 0.968 bits per heavy atom. The van der Waals surface area contributed by atoms with Gasteiger partial charge in [0.2, 0.25) is 0 Å². The number of nitrogens with zero attached hydrogens (tertiary/aromatic N) is 2. The lowest BCUT2D eigenvalue weighted by Crippen LogP contribution is -2.12. The second-order valence-electron chi connectivity index (χ2n) is 6.88. The molecule has 0 fully saturated rings. The maximum atomic E-state index is 12.6. The van der Waals surface area contributed by atoms with E-state index < -0.39 is 10.0 Å². The van der Waals surface area contributed by atoms with Crippen LogP contribution in [-0.4, -0.2) is 30.3 Å². The molecule has 1 heterocycles. The largest absolute Gasteiger partial charge is 0.497 e. The van der Waals surface area contributed by atoms with E-state index in [9.17, 15) is 8.42 Å². The van der Waals surface area contributed by atoms with Gasteiger partial charge in [-0.25, -0.2) is 8.42 Å². The van der Waals surface area contributed by atoms with Crippen molar-refractivity contribution in [3.8, 4) is 22.8 Å². The first-order valence-corrected chi connectivity index (χ1v) is 11.3. The number of sulfonamides is 1. The fourth-order valence-electron chi connectivity index (χ4n) is 3.08. The first kappa shape index (κ1) is 20.8. The first-order valence-electron chi connectivity index (χ1n) is 9.39. The number of aromatic nitrogens is 3.